The van der Waals surface area contributed by atoms with Gasteiger partial charge >= 0.3 is 0 Å². The zero-order chi connectivity index (χ0) is 22.7. The van der Waals surface area contributed by atoms with Gasteiger partial charge in [-0.25, -0.2) is 0 Å². The molecule has 6 heteroatoms. The number of rotatable bonds is 7. The molecule has 2 saturated heterocycles. The second-order valence-corrected chi connectivity index (χ2v) is 10.9. The maximum atomic E-state index is 13.4. The Morgan fingerprint density at radius 1 is 1.03 bits per heavy atom. The van der Waals surface area contributed by atoms with E-state index in [1.54, 1.807) is 0 Å². The Bertz CT molecular complexity index is 828. The predicted molar refractivity (Wildman–Crippen MR) is 133 cm³/mol. The summed E-state index contributed by atoms with van der Waals surface area (Å²) in [5.74, 6) is 0.148. The Hall–Kier alpha value is -1.66. The quantitative estimate of drug-likeness (QED) is 0.636. The van der Waals surface area contributed by atoms with Crippen LogP contribution in [0.15, 0.2) is 12.7 Å². The van der Waals surface area contributed by atoms with Gasteiger partial charge in [0.15, 0.2) is 5.69 Å². The normalized spacial score (nSPS) is 25.7. The number of nitrogens with zero attached hydrogens (tertiary/aromatic N) is 4. The van der Waals surface area contributed by atoms with Gasteiger partial charge < -0.3 is 10.2 Å². The molecule has 3 heterocycles. The second-order valence-electron chi connectivity index (χ2n) is 10.9. The van der Waals surface area contributed by atoms with Crippen LogP contribution in [0.4, 0.5) is 0 Å². The average molecular weight is 454 g/mol. The molecule has 33 heavy (non-hydrogen) atoms. The molecule has 0 radical (unpaired) electrons. The fraction of sp³-hybridized carbons (Fsp3) is 0.778. The van der Waals surface area contributed by atoms with Gasteiger partial charge in [-0.2, -0.15) is 5.10 Å². The van der Waals surface area contributed by atoms with E-state index in [2.05, 4.69) is 16.8 Å². The summed E-state index contributed by atoms with van der Waals surface area (Å²) in [6.07, 6.45) is 18.0. The van der Waals surface area contributed by atoms with Gasteiger partial charge in [-0.15, -0.1) is 6.58 Å². The second kappa shape index (κ2) is 10.3. The van der Waals surface area contributed by atoms with E-state index in [0.717, 1.165) is 51.7 Å². The maximum Gasteiger partial charge on any atom is 0.274 e. The summed E-state index contributed by atoms with van der Waals surface area (Å²) in [6.45, 7) is 10.0. The SMILES string of the molecule is C=CCn1nc(C(=O)N2CCCCC2)c2c1CC[C@H](NCC1(N3CCCCC3)CCCC1)C2. The molecule has 182 valence electrons. The van der Waals surface area contributed by atoms with Crippen LogP contribution in [0.3, 0.4) is 0 Å². The molecule has 1 amide bonds. The van der Waals surface area contributed by atoms with Crippen molar-refractivity contribution in [2.24, 2.45) is 0 Å². The number of hydrogen-bond donors (Lipinski definition) is 1. The largest absolute Gasteiger partial charge is 0.337 e. The van der Waals surface area contributed by atoms with Crippen molar-refractivity contribution in [1.82, 2.24) is 24.9 Å². The Balaban J connectivity index is 1.31. The topological polar surface area (TPSA) is 53.4 Å². The molecule has 1 aromatic rings. The van der Waals surface area contributed by atoms with Crippen LogP contribution >= 0.6 is 0 Å². The third-order valence-electron chi connectivity index (χ3n) is 8.78. The van der Waals surface area contributed by atoms with Crippen molar-refractivity contribution in [1.29, 1.82) is 0 Å². The number of amides is 1. The lowest BCUT2D eigenvalue weighted by atomic mass is 9.88. The van der Waals surface area contributed by atoms with Gasteiger partial charge in [-0.05, 0) is 77.3 Å². The summed E-state index contributed by atoms with van der Waals surface area (Å²) >= 11 is 0. The van der Waals surface area contributed by atoms with E-state index >= 15 is 0 Å². The van der Waals surface area contributed by atoms with Crippen LogP contribution in [0.5, 0.6) is 0 Å². The van der Waals surface area contributed by atoms with Crippen LogP contribution in [0.25, 0.3) is 0 Å². The number of fused-ring (bicyclic) bond motifs is 1. The monoisotopic (exact) mass is 453 g/mol. The molecule has 5 rings (SSSR count). The number of aromatic nitrogens is 2. The van der Waals surface area contributed by atoms with Crippen molar-refractivity contribution >= 4 is 5.91 Å². The number of nitrogens with one attached hydrogen (secondary N) is 1. The van der Waals surface area contributed by atoms with E-state index in [1.807, 2.05) is 15.7 Å². The maximum absolute atomic E-state index is 13.4. The smallest absolute Gasteiger partial charge is 0.274 e. The van der Waals surface area contributed by atoms with Crippen molar-refractivity contribution in [2.45, 2.75) is 102 Å². The van der Waals surface area contributed by atoms with Crippen molar-refractivity contribution in [2.75, 3.05) is 32.7 Å². The number of allylic oxidation sites excluding steroid dienone is 1. The van der Waals surface area contributed by atoms with Gasteiger partial charge in [0.2, 0.25) is 0 Å². The van der Waals surface area contributed by atoms with E-state index in [-0.39, 0.29) is 5.91 Å². The average Bonchev–Trinajstić information content (AvgIpc) is 3.49. The molecule has 0 spiro atoms. The van der Waals surface area contributed by atoms with Crippen LogP contribution in [-0.2, 0) is 19.4 Å². The Kier molecular flexibility index (Phi) is 7.21. The van der Waals surface area contributed by atoms with Crippen molar-refractivity contribution < 1.29 is 4.79 Å². The number of carbonyl (C=O) groups excluding carboxylic acids is 1. The highest BCUT2D eigenvalue weighted by Crippen LogP contribution is 2.37. The standard InChI is InChI=1S/C27H43N5O/c1-2-15-32-24-12-11-22(20-23(24)25(29-32)26(33)30-16-7-3-8-17-30)28-21-27(13-5-6-14-27)31-18-9-4-10-19-31/h2,22,28H,1,3-21H2/t22-/m0/s1. The first-order valence-corrected chi connectivity index (χ1v) is 13.7. The van der Waals surface area contributed by atoms with Crippen LogP contribution in [-0.4, -0.2) is 69.8 Å². The minimum absolute atomic E-state index is 0.148. The highest BCUT2D eigenvalue weighted by molar-refractivity contribution is 5.94. The van der Waals surface area contributed by atoms with Gasteiger partial charge in [0.25, 0.3) is 5.91 Å². The summed E-state index contributed by atoms with van der Waals surface area (Å²) in [7, 11) is 0. The van der Waals surface area contributed by atoms with Gasteiger partial charge in [0, 0.05) is 42.5 Å². The number of carbonyl (C=O) groups is 1. The molecule has 0 bridgehead atoms. The lowest BCUT2D eigenvalue weighted by Crippen LogP contribution is -2.56. The van der Waals surface area contributed by atoms with E-state index in [1.165, 1.54) is 75.7 Å². The van der Waals surface area contributed by atoms with Gasteiger partial charge in [0.05, 0.1) is 6.54 Å². The molecule has 1 N–H and O–H groups in total. The van der Waals surface area contributed by atoms with Crippen molar-refractivity contribution in [3.8, 4) is 0 Å². The molecular weight excluding hydrogens is 410 g/mol. The van der Waals surface area contributed by atoms with Gasteiger partial charge in [-0.1, -0.05) is 25.3 Å². The summed E-state index contributed by atoms with van der Waals surface area (Å²) in [5.41, 5.74) is 3.54. The van der Waals surface area contributed by atoms with Crippen molar-refractivity contribution in [3.63, 3.8) is 0 Å². The molecule has 6 nitrogen and oxygen atoms in total. The molecular formula is C27H43N5O. The fourth-order valence-electron chi connectivity index (χ4n) is 6.89. The molecule has 1 atom stereocenters. The lowest BCUT2D eigenvalue weighted by molar-refractivity contribution is 0.0667. The highest BCUT2D eigenvalue weighted by atomic mass is 16.2. The molecule has 0 aromatic carbocycles. The summed E-state index contributed by atoms with van der Waals surface area (Å²) < 4.78 is 2.04. The molecule has 3 fully saturated rings. The van der Waals surface area contributed by atoms with E-state index in [9.17, 15) is 4.79 Å². The molecule has 2 aliphatic heterocycles. The summed E-state index contributed by atoms with van der Waals surface area (Å²) in [6, 6.07) is 0.439. The first kappa shape index (κ1) is 23.1. The first-order valence-electron chi connectivity index (χ1n) is 13.7. The van der Waals surface area contributed by atoms with Crippen LogP contribution in [0.2, 0.25) is 0 Å². The molecule has 0 unspecified atom stereocenters. The molecule has 1 aromatic heterocycles. The van der Waals surface area contributed by atoms with E-state index < -0.39 is 0 Å². The first-order chi connectivity index (χ1) is 16.2. The highest BCUT2D eigenvalue weighted by Gasteiger charge is 2.40. The minimum Gasteiger partial charge on any atom is -0.337 e. The molecule has 4 aliphatic rings. The van der Waals surface area contributed by atoms with Crippen LogP contribution in [0, 0.1) is 0 Å². The minimum atomic E-state index is 0.148. The number of likely N-dealkylation sites (tertiary alicyclic amines) is 2. The van der Waals surface area contributed by atoms with Crippen LogP contribution in [0.1, 0.15) is 92.4 Å². The Morgan fingerprint density at radius 3 is 2.42 bits per heavy atom. The van der Waals surface area contributed by atoms with E-state index in [0.29, 0.717) is 23.8 Å². The summed E-state index contributed by atoms with van der Waals surface area (Å²) in [5, 5.41) is 8.84. The third kappa shape index (κ3) is 4.79. The molecule has 2 aliphatic carbocycles. The van der Waals surface area contributed by atoms with E-state index in [4.69, 9.17) is 5.10 Å². The fourth-order valence-corrected chi connectivity index (χ4v) is 6.89. The molecule has 1 saturated carbocycles. The zero-order valence-corrected chi connectivity index (χ0v) is 20.5. The van der Waals surface area contributed by atoms with Crippen LogP contribution < -0.4 is 5.32 Å². The zero-order valence-electron chi connectivity index (χ0n) is 20.5. The van der Waals surface area contributed by atoms with Gasteiger partial charge in [0.1, 0.15) is 0 Å². The number of piperidine rings is 2. The lowest BCUT2D eigenvalue weighted by Gasteiger charge is -2.44. The Labute approximate surface area is 199 Å². The van der Waals surface area contributed by atoms with Crippen molar-refractivity contribution in [3.05, 3.63) is 29.6 Å². The third-order valence-corrected chi connectivity index (χ3v) is 8.78. The summed E-state index contributed by atoms with van der Waals surface area (Å²) in [4.78, 5) is 18.3. The van der Waals surface area contributed by atoms with Gasteiger partial charge in [-0.3, -0.25) is 14.4 Å². The Morgan fingerprint density at radius 2 is 1.73 bits per heavy atom. The number of hydrogen-bond acceptors (Lipinski definition) is 4. The predicted octanol–water partition coefficient (Wildman–Crippen LogP) is 3.94.